The molecule has 156 valence electrons. The highest BCUT2D eigenvalue weighted by molar-refractivity contribution is 6.99. The molecule has 0 unspecified atom stereocenters. The maximum Gasteiger partial charge on any atom is 0.404 e. The molecule has 1 saturated carbocycles. The van der Waals surface area contributed by atoms with Crippen molar-refractivity contribution in [2.24, 2.45) is 5.92 Å². The molecule has 1 amide bonds. The van der Waals surface area contributed by atoms with Crippen LogP contribution >= 0.6 is 0 Å². The van der Waals surface area contributed by atoms with Gasteiger partial charge in [-0.1, -0.05) is 88.4 Å². The monoisotopic (exact) mass is 411 g/mol. The van der Waals surface area contributed by atoms with Crippen molar-refractivity contribution in [2.45, 2.75) is 64.1 Å². The number of amides is 1. The average Bonchev–Trinajstić information content (AvgIpc) is 2.68. The van der Waals surface area contributed by atoms with Crippen LogP contribution in [0.1, 0.15) is 47.0 Å². The summed E-state index contributed by atoms with van der Waals surface area (Å²) in [6.45, 7) is 8.95. The van der Waals surface area contributed by atoms with Crippen molar-refractivity contribution in [3.8, 4) is 0 Å². The number of hydrogen-bond donors (Lipinski definition) is 2. The molecule has 0 aliphatic heterocycles. The molecule has 3 atom stereocenters. The second kappa shape index (κ2) is 8.72. The fourth-order valence-corrected chi connectivity index (χ4v) is 9.42. The minimum atomic E-state index is -2.60. The second-order valence-corrected chi connectivity index (χ2v) is 13.5. The molecular formula is C24H33NO3Si. The maximum atomic E-state index is 11.3. The summed E-state index contributed by atoms with van der Waals surface area (Å²) in [5, 5.41) is 14.4. The summed E-state index contributed by atoms with van der Waals surface area (Å²) in [7, 11) is -2.60. The first-order valence-corrected chi connectivity index (χ1v) is 12.4. The average molecular weight is 412 g/mol. The second-order valence-electron chi connectivity index (χ2n) is 9.25. The van der Waals surface area contributed by atoms with Crippen LogP contribution in [-0.2, 0) is 4.43 Å². The van der Waals surface area contributed by atoms with E-state index in [9.17, 15) is 9.90 Å². The van der Waals surface area contributed by atoms with Crippen LogP contribution in [0.3, 0.4) is 0 Å². The van der Waals surface area contributed by atoms with E-state index in [1.54, 1.807) is 0 Å². The zero-order valence-corrected chi connectivity index (χ0v) is 18.9. The molecule has 1 aliphatic rings. The lowest BCUT2D eigenvalue weighted by Gasteiger charge is -2.47. The largest absolute Gasteiger partial charge is 0.465 e. The molecule has 2 aromatic rings. The molecule has 1 fully saturated rings. The normalized spacial score (nSPS) is 22.8. The molecule has 0 bridgehead atoms. The third-order valence-corrected chi connectivity index (χ3v) is 11.3. The highest BCUT2D eigenvalue weighted by Crippen LogP contribution is 2.39. The van der Waals surface area contributed by atoms with E-state index in [0.717, 1.165) is 19.3 Å². The van der Waals surface area contributed by atoms with Gasteiger partial charge in [0.15, 0.2) is 0 Å². The van der Waals surface area contributed by atoms with Gasteiger partial charge in [-0.05, 0) is 40.6 Å². The van der Waals surface area contributed by atoms with Crippen LogP contribution < -0.4 is 15.7 Å². The Morgan fingerprint density at radius 1 is 1.00 bits per heavy atom. The van der Waals surface area contributed by atoms with Gasteiger partial charge in [-0.2, -0.15) is 0 Å². The van der Waals surface area contributed by atoms with Crippen LogP contribution in [0.15, 0.2) is 60.7 Å². The number of carbonyl (C=O) groups is 1. The van der Waals surface area contributed by atoms with Gasteiger partial charge in [0.25, 0.3) is 8.32 Å². The molecule has 0 heterocycles. The highest BCUT2D eigenvalue weighted by Gasteiger charge is 2.52. The van der Waals surface area contributed by atoms with Crippen molar-refractivity contribution >= 4 is 24.8 Å². The minimum absolute atomic E-state index is 0.0364. The summed E-state index contributed by atoms with van der Waals surface area (Å²) < 4.78 is 7.18. The molecule has 4 nitrogen and oxygen atoms in total. The summed E-state index contributed by atoms with van der Waals surface area (Å²) in [5.41, 5.74) is 0. The van der Waals surface area contributed by atoms with Gasteiger partial charge in [0.1, 0.15) is 0 Å². The first kappa shape index (κ1) is 21.6. The first-order chi connectivity index (χ1) is 13.7. The first-order valence-electron chi connectivity index (χ1n) is 10.5. The highest BCUT2D eigenvalue weighted by atomic mass is 28.4. The van der Waals surface area contributed by atoms with Gasteiger partial charge in [0.05, 0.1) is 0 Å². The standard InChI is InChI=1S/C24H33NO3Si/c1-18-15-16-19(17-22(18)25-23(26)27)28-29(24(2,3)4,20-11-7-5-8-12-20)21-13-9-6-10-14-21/h5-14,18-19,22,25H,15-17H2,1-4H3,(H,26,27)/t18-,19+,22-/m0/s1. The number of carboxylic acid groups (broad SMARTS) is 1. The molecule has 29 heavy (non-hydrogen) atoms. The van der Waals surface area contributed by atoms with E-state index in [-0.39, 0.29) is 17.2 Å². The van der Waals surface area contributed by atoms with E-state index in [4.69, 9.17) is 4.43 Å². The maximum absolute atomic E-state index is 11.3. The molecule has 0 radical (unpaired) electrons. The van der Waals surface area contributed by atoms with Crippen LogP contribution in [0.4, 0.5) is 4.79 Å². The Bertz CT molecular complexity index is 764. The van der Waals surface area contributed by atoms with Crippen molar-refractivity contribution in [2.75, 3.05) is 0 Å². The minimum Gasteiger partial charge on any atom is -0.465 e. The Morgan fingerprint density at radius 2 is 1.52 bits per heavy atom. The molecule has 2 N–H and O–H groups in total. The summed E-state index contributed by atoms with van der Waals surface area (Å²) in [5.74, 6) is 0.324. The Morgan fingerprint density at radius 3 is 1.97 bits per heavy atom. The third kappa shape index (κ3) is 4.56. The van der Waals surface area contributed by atoms with Crippen molar-refractivity contribution < 1.29 is 14.3 Å². The van der Waals surface area contributed by atoms with E-state index in [1.807, 2.05) is 12.1 Å². The quantitative estimate of drug-likeness (QED) is 0.718. The molecule has 0 aromatic heterocycles. The third-order valence-electron chi connectivity index (χ3n) is 6.22. The van der Waals surface area contributed by atoms with Gasteiger partial charge in [-0.15, -0.1) is 0 Å². The zero-order valence-electron chi connectivity index (χ0n) is 17.9. The van der Waals surface area contributed by atoms with Gasteiger partial charge in [-0.3, -0.25) is 0 Å². The van der Waals surface area contributed by atoms with Gasteiger partial charge < -0.3 is 14.8 Å². The summed E-state index contributed by atoms with van der Waals surface area (Å²) in [6, 6.07) is 21.2. The van der Waals surface area contributed by atoms with Crippen molar-refractivity contribution in [3.63, 3.8) is 0 Å². The van der Waals surface area contributed by atoms with Crippen LogP contribution in [-0.4, -0.2) is 31.7 Å². The number of nitrogens with one attached hydrogen (secondary N) is 1. The van der Waals surface area contributed by atoms with Crippen LogP contribution in [0, 0.1) is 5.92 Å². The van der Waals surface area contributed by atoms with Crippen LogP contribution in [0.2, 0.25) is 5.04 Å². The van der Waals surface area contributed by atoms with Crippen molar-refractivity contribution in [3.05, 3.63) is 60.7 Å². The van der Waals surface area contributed by atoms with E-state index in [0.29, 0.717) is 5.92 Å². The van der Waals surface area contributed by atoms with E-state index >= 15 is 0 Å². The fraction of sp³-hybridized carbons (Fsp3) is 0.458. The number of rotatable bonds is 5. The molecule has 1 aliphatic carbocycles. The van der Waals surface area contributed by atoms with Gasteiger partial charge in [-0.25, -0.2) is 4.79 Å². The van der Waals surface area contributed by atoms with E-state index in [1.165, 1.54) is 10.4 Å². The van der Waals surface area contributed by atoms with Crippen molar-refractivity contribution in [1.29, 1.82) is 0 Å². The zero-order chi connectivity index (χ0) is 21.1. The topological polar surface area (TPSA) is 58.6 Å². The lowest BCUT2D eigenvalue weighted by Crippen LogP contribution is -2.68. The molecule has 3 rings (SSSR count). The Kier molecular flexibility index (Phi) is 6.49. The summed E-state index contributed by atoms with van der Waals surface area (Å²) in [4.78, 5) is 11.3. The van der Waals surface area contributed by atoms with E-state index in [2.05, 4.69) is 81.5 Å². The van der Waals surface area contributed by atoms with E-state index < -0.39 is 14.4 Å². The lowest BCUT2D eigenvalue weighted by atomic mass is 9.84. The number of hydrogen-bond acceptors (Lipinski definition) is 2. The SMILES string of the molecule is C[C@H]1CC[C@@H](O[Si](c2ccccc2)(c2ccccc2)C(C)(C)C)C[C@@H]1NC(=O)O. The Labute approximate surface area is 175 Å². The molecule has 2 aromatic carbocycles. The fourth-order valence-electron chi connectivity index (χ4n) is 4.69. The van der Waals surface area contributed by atoms with Gasteiger partial charge in [0.2, 0.25) is 0 Å². The van der Waals surface area contributed by atoms with Crippen molar-refractivity contribution in [1.82, 2.24) is 5.32 Å². The summed E-state index contributed by atoms with van der Waals surface area (Å²) >= 11 is 0. The predicted octanol–water partition coefficient (Wildman–Crippen LogP) is 4.39. The molecule has 5 heteroatoms. The molecule has 0 saturated heterocycles. The predicted molar refractivity (Wildman–Crippen MR) is 120 cm³/mol. The lowest BCUT2D eigenvalue weighted by molar-refractivity contribution is 0.0978. The summed E-state index contributed by atoms with van der Waals surface area (Å²) in [6.07, 6.45) is 1.73. The molecular weight excluding hydrogens is 378 g/mol. The Hall–Kier alpha value is -2.11. The Balaban J connectivity index is 2.03. The number of benzene rings is 2. The smallest absolute Gasteiger partial charge is 0.404 e. The van der Waals surface area contributed by atoms with Gasteiger partial charge in [0, 0.05) is 12.1 Å². The van der Waals surface area contributed by atoms with Gasteiger partial charge >= 0.3 is 6.09 Å². The molecule has 0 spiro atoms. The van der Waals surface area contributed by atoms with Crippen LogP contribution in [0.25, 0.3) is 0 Å². The van der Waals surface area contributed by atoms with Crippen LogP contribution in [0.5, 0.6) is 0 Å².